The molecule has 8 heteroatoms. The van der Waals surface area contributed by atoms with Crippen LogP contribution < -0.4 is 5.73 Å². The van der Waals surface area contributed by atoms with Gasteiger partial charge in [0.1, 0.15) is 6.04 Å². The van der Waals surface area contributed by atoms with Crippen molar-refractivity contribution in [3.8, 4) is 28.2 Å². The van der Waals surface area contributed by atoms with Crippen LogP contribution in [0.25, 0.3) is 39.1 Å². The number of nitrogen functional groups attached to an aromatic ring is 1. The van der Waals surface area contributed by atoms with Crippen molar-refractivity contribution in [2.24, 2.45) is 5.10 Å². The zero-order valence-electron chi connectivity index (χ0n) is 25.7. The van der Waals surface area contributed by atoms with E-state index in [2.05, 4.69) is 6.07 Å². The Bertz CT molecular complexity index is 2300. The first-order chi connectivity index (χ1) is 23.5. The molecule has 1 unspecified atom stereocenters. The van der Waals surface area contributed by atoms with Crippen molar-refractivity contribution in [3.05, 3.63) is 167 Å². The summed E-state index contributed by atoms with van der Waals surface area (Å²) >= 11 is 6.20. The molecule has 2 aromatic heterocycles. The molecule has 0 saturated carbocycles. The number of nitrogens with two attached hydrogens (primary N) is 1. The van der Waals surface area contributed by atoms with E-state index < -0.39 is 6.04 Å². The highest BCUT2D eigenvalue weighted by Crippen LogP contribution is 2.38. The molecule has 0 spiro atoms. The van der Waals surface area contributed by atoms with Gasteiger partial charge in [0.15, 0.2) is 0 Å². The van der Waals surface area contributed by atoms with E-state index in [0.29, 0.717) is 33.9 Å². The fraction of sp³-hybridized carbons (Fsp3) is 0.0500. The first-order valence-electron chi connectivity index (χ1n) is 15.7. The van der Waals surface area contributed by atoms with Crippen LogP contribution in [0.5, 0.6) is 0 Å². The van der Waals surface area contributed by atoms with Crippen LogP contribution in [0.4, 0.5) is 5.69 Å². The summed E-state index contributed by atoms with van der Waals surface area (Å²) in [5.41, 5.74) is 14.7. The van der Waals surface area contributed by atoms with Crippen molar-refractivity contribution in [1.82, 2.24) is 19.8 Å². The van der Waals surface area contributed by atoms with E-state index in [4.69, 9.17) is 32.5 Å². The van der Waals surface area contributed by atoms with E-state index in [9.17, 15) is 4.79 Å². The van der Waals surface area contributed by atoms with Gasteiger partial charge in [-0.1, -0.05) is 103 Å². The number of anilines is 1. The number of fused-ring (bicyclic) bond motifs is 1. The minimum Gasteiger partial charge on any atom is -0.399 e. The standard InChI is InChI=1S/C40H29ClN6O/c41-29-19-15-27(16-20-29)35-23-33(32-13-7-8-14-34(32)43-35)40(48)47-39(25-37(45-47)28-17-21-30(42)22-18-28)38-24-36(26-9-3-1-4-10-26)44-46(38)31-11-5-2-6-12-31/h1-24,39H,25,42H2. The van der Waals surface area contributed by atoms with Gasteiger partial charge < -0.3 is 5.73 Å². The molecule has 2 N–H and O–H groups in total. The topological polar surface area (TPSA) is 89.4 Å². The van der Waals surface area contributed by atoms with Gasteiger partial charge in [-0.25, -0.2) is 14.7 Å². The van der Waals surface area contributed by atoms with E-state index in [1.165, 1.54) is 0 Å². The normalized spacial score (nSPS) is 14.3. The molecule has 1 aliphatic rings. The van der Waals surface area contributed by atoms with E-state index in [1.54, 1.807) is 5.01 Å². The Morgan fingerprint density at radius 2 is 1.35 bits per heavy atom. The van der Waals surface area contributed by atoms with Crippen LogP contribution in [-0.4, -0.2) is 31.4 Å². The van der Waals surface area contributed by atoms with Gasteiger partial charge in [-0.3, -0.25) is 4.79 Å². The summed E-state index contributed by atoms with van der Waals surface area (Å²) in [5, 5.41) is 13.1. The van der Waals surface area contributed by atoms with Crippen molar-refractivity contribution < 1.29 is 4.79 Å². The number of hydrogen-bond acceptors (Lipinski definition) is 5. The largest absolute Gasteiger partial charge is 0.399 e. The molecule has 5 aromatic carbocycles. The molecule has 48 heavy (non-hydrogen) atoms. The van der Waals surface area contributed by atoms with Crippen molar-refractivity contribution in [1.29, 1.82) is 0 Å². The summed E-state index contributed by atoms with van der Waals surface area (Å²) in [6, 6.07) is 46.3. The maximum Gasteiger partial charge on any atom is 0.275 e. The number of benzene rings is 5. The molecule has 0 fully saturated rings. The number of para-hydroxylation sites is 2. The molecule has 7 aromatic rings. The van der Waals surface area contributed by atoms with Crippen molar-refractivity contribution >= 4 is 39.8 Å². The van der Waals surface area contributed by atoms with Crippen LogP contribution in [0, 0.1) is 0 Å². The lowest BCUT2D eigenvalue weighted by Crippen LogP contribution is -2.29. The molecule has 232 valence electrons. The lowest BCUT2D eigenvalue weighted by molar-refractivity contribution is 0.0708. The van der Waals surface area contributed by atoms with Crippen molar-refractivity contribution in [2.45, 2.75) is 12.5 Å². The third-order valence-electron chi connectivity index (χ3n) is 8.60. The Kier molecular flexibility index (Phi) is 7.51. The van der Waals surface area contributed by atoms with E-state index in [-0.39, 0.29) is 5.91 Å². The first kappa shape index (κ1) is 29.4. The van der Waals surface area contributed by atoms with Crippen LogP contribution in [0.1, 0.15) is 34.1 Å². The molecule has 1 atom stereocenters. The fourth-order valence-corrected chi connectivity index (χ4v) is 6.31. The minimum atomic E-state index is -0.457. The number of aromatic nitrogens is 3. The smallest absolute Gasteiger partial charge is 0.275 e. The summed E-state index contributed by atoms with van der Waals surface area (Å²) in [6.07, 6.45) is 0.482. The molecule has 0 radical (unpaired) electrons. The Balaban J connectivity index is 1.30. The Labute approximate surface area is 282 Å². The third-order valence-corrected chi connectivity index (χ3v) is 8.85. The maximum absolute atomic E-state index is 15.0. The zero-order valence-corrected chi connectivity index (χ0v) is 26.5. The Morgan fingerprint density at radius 3 is 2.10 bits per heavy atom. The van der Waals surface area contributed by atoms with Gasteiger partial charge in [-0.2, -0.15) is 10.2 Å². The quantitative estimate of drug-likeness (QED) is 0.183. The van der Waals surface area contributed by atoms with Gasteiger partial charge in [0.2, 0.25) is 0 Å². The molecule has 1 aliphatic heterocycles. The van der Waals surface area contributed by atoms with Crippen LogP contribution in [0.3, 0.4) is 0 Å². The van der Waals surface area contributed by atoms with Gasteiger partial charge in [-0.15, -0.1) is 0 Å². The Morgan fingerprint density at radius 1 is 0.708 bits per heavy atom. The Hall–Kier alpha value is -6.05. The summed E-state index contributed by atoms with van der Waals surface area (Å²) in [6.45, 7) is 0. The molecule has 0 bridgehead atoms. The molecular weight excluding hydrogens is 616 g/mol. The number of carbonyl (C=O) groups excluding carboxylic acids is 1. The fourth-order valence-electron chi connectivity index (χ4n) is 6.18. The second-order valence-corrected chi connectivity index (χ2v) is 12.1. The number of carbonyl (C=O) groups is 1. The van der Waals surface area contributed by atoms with E-state index >= 15 is 0 Å². The molecule has 0 aliphatic carbocycles. The number of halogens is 1. The van der Waals surface area contributed by atoms with Gasteiger partial charge in [0, 0.05) is 33.6 Å². The number of amides is 1. The lowest BCUT2D eigenvalue weighted by Gasteiger charge is -2.23. The zero-order chi connectivity index (χ0) is 32.6. The SMILES string of the molecule is Nc1ccc(C2=NN(C(=O)c3cc(-c4ccc(Cl)cc4)nc4ccccc34)C(c3cc(-c4ccccc4)nn3-c3ccccc3)C2)cc1. The number of pyridine rings is 1. The number of hydrazone groups is 1. The average molecular weight is 645 g/mol. The molecule has 7 nitrogen and oxygen atoms in total. The highest BCUT2D eigenvalue weighted by Gasteiger charge is 2.37. The summed E-state index contributed by atoms with van der Waals surface area (Å²) in [7, 11) is 0. The minimum absolute atomic E-state index is 0.235. The van der Waals surface area contributed by atoms with Gasteiger partial charge >= 0.3 is 0 Å². The monoisotopic (exact) mass is 644 g/mol. The molecule has 3 heterocycles. The lowest BCUT2D eigenvalue weighted by atomic mass is 9.99. The van der Waals surface area contributed by atoms with Crippen molar-refractivity contribution in [2.75, 3.05) is 5.73 Å². The average Bonchev–Trinajstić information content (AvgIpc) is 3.78. The number of nitrogens with zero attached hydrogens (tertiary/aromatic N) is 5. The highest BCUT2D eigenvalue weighted by molar-refractivity contribution is 6.30. The first-order valence-corrected chi connectivity index (χ1v) is 16.0. The van der Waals surface area contributed by atoms with Crippen LogP contribution in [-0.2, 0) is 0 Å². The van der Waals surface area contributed by atoms with Gasteiger partial charge in [0.05, 0.1) is 39.6 Å². The number of hydrogen-bond donors (Lipinski definition) is 1. The molecular formula is C40H29ClN6O. The predicted octanol–water partition coefficient (Wildman–Crippen LogP) is 8.98. The predicted molar refractivity (Wildman–Crippen MR) is 192 cm³/mol. The third kappa shape index (κ3) is 5.50. The summed E-state index contributed by atoms with van der Waals surface area (Å²) in [5.74, 6) is -0.235. The van der Waals surface area contributed by atoms with Crippen LogP contribution >= 0.6 is 11.6 Å². The second kappa shape index (κ2) is 12.3. The highest BCUT2D eigenvalue weighted by atomic mass is 35.5. The van der Waals surface area contributed by atoms with Gasteiger partial charge in [-0.05, 0) is 60.2 Å². The van der Waals surface area contributed by atoms with Gasteiger partial charge in [0.25, 0.3) is 5.91 Å². The maximum atomic E-state index is 15.0. The molecule has 1 amide bonds. The summed E-state index contributed by atoms with van der Waals surface area (Å²) < 4.78 is 1.93. The molecule has 0 saturated heterocycles. The van der Waals surface area contributed by atoms with Crippen LogP contribution in [0.2, 0.25) is 5.02 Å². The number of rotatable bonds is 6. The second-order valence-electron chi connectivity index (χ2n) is 11.7. The van der Waals surface area contributed by atoms with E-state index in [1.807, 2.05) is 144 Å². The molecule has 8 rings (SSSR count). The van der Waals surface area contributed by atoms with Crippen molar-refractivity contribution in [3.63, 3.8) is 0 Å². The summed E-state index contributed by atoms with van der Waals surface area (Å²) in [4.78, 5) is 19.9. The van der Waals surface area contributed by atoms with Crippen LogP contribution in [0.15, 0.2) is 151 Å². The van der Waals surface area contributed by atoms with E-state index in [0.717, 1.165) is 44.9 Å².